The van der Waals surface area contributed by atoms with Crippen molar-refractivity contribution in [1.29, 1.82) is 0 Å². The summed E-state index contributed by atoms with van der Waals surface area (Å²) in [6.07, 6.45) is 6.00. The molecule has 0 bridgehead atoms. The van der Waals surface area contributed by atoms with Crippen molar-refractivity contribution in [2.45, 2.75) is 25.9 Å². The van der Waals surface area contributed by atoms with E-state index >= 15 is 0 Å². The Kier molecular flexibility index (Phi) is 1.69. The van der Waals surface area contributed by atoms with Crippen molar-refractivity contribution in [2.75, 3.05) is 0 Å². The van der Waals surface area contributed by atoms with Gasteiger partial charge < -0.3 is 5.11 Å². The topological polar surface area (TPSA) is 20.2 Å². The average Bonchev–Trinajstić information content (AvgIpc) is 2.14. The summed E-state index contributed by atoms with van der Waals surface area (Å²) in [7, 11) is 0. The minimum Gasteiger partial charge on any atom is -0.392 e. The number of aliphatic hydroxyl groups excluding tert-OH is 1. The van der Waals surface area contributed by atoms with Gasteiger partial charge in [0.1, 0.15) is 0 Å². The van der Waals surface area contributed by atoms with E-state index in [-0.39, 0.29) is 6.10 Å². The van der Waals surface area contributed by atoms with Gasteiger partial charge in [-0.2, -0.15) is 0 Å². The van der Waals surface area contributed by atoms with Crippen LogP contribution < -0.4 is 0 Å². The van der Waals surface area contributed by atoms with Crippen LogP contribution in [0.4, 0.5) is 0 Å². The van der Waals surface area contributed by atoms with E-state index in [1.165, 1.54) is 0 Å². The van der Waals surface area contributed by atoms with Gasteiger partial charge >= 0.3 is 0 Å². The summed E-state index contributed by atoms with van der Waals surface area (Å²) < 4.78 is 0. The lowest BCUT2D eigenvalue weighted by Crippen LogP contribution is -2.11. The second kappa shape index (κ2) is 2.31. The second-order valence-electron chi connectivity index (χ2n) is 2.30. The monoisotopic (exact) mass is 112 g/mol. The molecular weight excluding hydrogens is 100 g/mol. The normalized spacial score (nSPS) is 36.2. The van der Waals surface area contributed by atoms with Crippen LogP contribution in [0, 0.1) is 5.92 Å². The molecule has 0 saturated carbocycles. The Labute approximate surface area is 50.0 Å². The first-order valence-corrected chi connectivity index (χ1v) is 3.19. The van der Waals surface area contributed by atoms with E-state index in [0.717, 1.165) is 12.8 Å². The van der Waals surface area contributed by atoms with Gasteiger partial charge in [-0.1, -0.05) is 19.1 Å². The quantitative estimate of drug-likeness (QED) is 0.507. The molecule has 0 radical (unpaired) electrons. The highest BCUT2D eigenvalue weighted by Crippen LogP contribution is 2.20. The minimum absolute atomic E-state index is 0.0833. The average molecular weight is 112 g/mol. The van der Waals surface area contributed by atoms with E-state index in [9.17, 15) is 0 Å². The molecule has 1 rings (SSSR count). The molecule has 0 aromatic rings. The summed E-state index contributed by atoms with van der Waals surface area (Å²) in [5, 5.41) is 9.13. The minimum atomic E-state index is -0.0833. The SMILES string of the molecule is CC[C@@H]1C=CC[C@H]1O. The van der Waals surface area contributed by atoms with Crippen molar-refractivity contribution < 1.29 is 5.11 Å². The van der Waals surface area contributed by atoms with Crippen LogP contribution in [0.2, 0.25) is 0 Å². The molecule has 46 valence electrons. The van der Waals surface area contributed by atoms with E-state index in [4.69, 9.17) is 5.11 Å². The lowest BCUT2D eigenvalue weighted by atomic mass is 10.0. The first kappa shape index (κ1) is 5.83. The standard InChI is InChI=1S/C7H12O/c1-2-6-4-3-5-7(6)8/h3-4,6-8H,2,5H2,1H3/t6-,7-/m1/s1. The molecule has 0 fully saturated rings. The highest BCUT2D eigenvalue weighted by atomic mass is 16.3. The second-order valence-corrected chi connectivity index (χ2v) is 2.30. The Balaban J connectivity index is 2.41. The lowest BCUT2D eigenvalue weighted by molar-refractivity contribution is 0.141. The molecule has 8 heavy (non-hydrogen) atoms. The fraction of sp³-hybridized carbons (Fsp3) is 0.714. The summed E-state index contributed by atoms with van der Waals surface area (Å²) in [5.41, 5.74) is 0. The molecular formula is C7H12O. The first-order chi connectivity index (χ1) is 3.84. The lowest BCUT2D eigenvalue weighted by Gasteiger charge is -2.08. The van der Waals surface area contributed by atoms with Crippen molar-refractivity contribution in [2.24, 2.45) is 5.92 Å². The zero-order valence-corrected chi connectivity index (χ0v) is 5.17. The van der Waals surface area contributed by atoms with Crippen LogP contribution in [0.3, 0.4) is 0 Å². The molecule has 0 aliphatic heterocycles. The van der Waals surface area contributed by atoms with Crippen LogP contribution in [-0.2, 0) is 0 Å². The third-order valence-electron chi connectivity index (χ3n) is 1.73. The molecule has 0 aromatic carbocycles. The van der Waals surface area contributed by atoms with Crippen molar-refractivity contribution in [3.05, 3.63) is 12.2 Å². The van der Waals surface area contributed by atoms with Crippen molar-refractivity contribution in [3.8, 4) is 0 Å². The summed E-state index contributed by atoms with van der Waals surface area (Å²) in [6, 6.07) is 0. The molecule has 1 N–H and O–H groups in total. The Morgan fingerprint density at radius 2 is 2.50 bits per heavy atom. The van der Waals surface area contributed by atoms with Gasteiger partial charge in [0, 0.05) is 5.92 Å². The molecule has 0 amide bonds. The van der Waals surface area contributed by atoms with Crippen molar-refractivity contribution in [1.82, 2.24) is 0 Å². The molecule has 1 nitrogen and oxygen atoms in total. The maximum atomic E-state index is 9.13. The van der Waals surface area contributed by atoms with Gasteiger partial charge in [0.05, 0.1) is 6.10 Å². The van der Waals surface area contributed by atoms with Gasteiger partial charge in [-0.05, 0) is 12.8 Å². The van der Waals surface area contributed by atoms with E-state index in [1.807, 2.05) is 0 Å². The van der Waals surface area contributed by atoms with E-state index in [0.29, 0.717) is 5.92 Å². The van der Waals surface area contributed by atoms with Crippen LogP contribution in [0.15, 0.2) is 12.2 Å². The van der Waals surface area contributed by atoms with Crippen molar-refractivity contribution in [3.63, 3.8) is 0 Å². The fourth-order valence-corrected chi connectivity index (χ4v) is 1.10. The van der Waals surface area contributed by atoms with Gasteiger partial charge in [0.25, 0.3) is 0 Å². The van der Waals surface area contributed by atoms with Gasteiger partial charge in [0.15, 0.2) is 0 Å². The van der Waals surface area contributed by atoms with Crippen LogP contribution in [0.25, 0.3) is 0 Å². The van der Waals surface area contributed by atoms with Gasteiger partial charge in [-0.15, -0.1) is 0 Å². The van der Waals surface area contributed by atoms with Crippen LogP contribution in [0.1, 0.15) is 19.8 Å². The Morgan fingerprint density at radius 1 is 1.75 bits per heavy atom. The predicted octanol–water partition coefficient (Wildman–Crippen LogP) is 1.33. The summed E-state index contributed by atoms with van der Waals surface area (Å²) >= 11 is 0. The van der Waals surface area contributed by atoms with E-state index < -0.39 is 0 Å². The molecule has 0 spiro atoms. The highest BCUT2D eigenvalue weighted by molar-refractivity contribution is 5.00. The predicted molar refractivity (Wildman–Crippen MR) is 33.5 cm³/mol. The molecule has 1 aliphatic rings. The molecule has 0 heterocycles. The van der Waals surface area contributed by atoms with E-state index in [2.05, 4.69) is 19.1 Å². The Hall–Kier alpha value is -0.300. The molecule has 1 aliphatic carbocycles. The zero-order chi connectivity index (χ0) is 5.98. The third-order valence-corrected chi connectivity index (χ3v) is 1.73. The molecule has 0 aromatic heterocycles. The largest absolute Gasteiger partial charge is 0.392 e. The van der Waals surface area contributed by atoms with Crippen LogP contribution in [-0.4, -0.2) is 11.2 Å². The summed E-state index contributed by atoms with van der Waals surface area (Å²) in [4.78, 5) is 0. The Morgan fingerprint density at radius 3 is 2.75 bits per heavy atom. The summed E-state index contributed by atoms with van der Waals surface area (Å²) in [6.45, 7) is 2.10. The molecule has 2 atom stereocenters. The number of hydrogen-bond donors (Lipinski definition) is 1. The maximum absolute atomic E-state index is 9.13. The van der Waals surface area contributed by atoms with Crippen molar-refractivity contribution >= 4 is 0 Å². The van der Waals surface area contributed by atoms with Gasteiger partial charge in [0.2, 0.25) is 0 Å². The first-order valence-electron chi connectivity index (χ1n) is 3.19. The number of aliphatic hydroxyl groups is 1. The van der Waals surface area contributed by atoms with Gasteiger partial charge in [-0.25, -0.2) is 0 Å². The van der Waals surface area contributed by atoms with Gasteiger partial charge in [-0.3, -0.25) is 0 Å². The smallest absolute Gasteiger partial charge is 0.0637 e. The molecule has 0 saturated heterocycles. The zero-order valence-electron chi connectivity index (χ0n) is 5.17. The summed E-state index contributed by atoms with van der Waals surface area (Å²) in [5.74, 6) is 0.440. The number of rotatable bonds is 1. The van der Waals surface area contributed by atoms with E-state index in [1.54, 1.807) is 0 Å². The Bertz CT molecular complexity index is 96.6. The maximum Gasteiger partial charge on any atom is 0.0637 e. The third kappa shape index (κ3) is 0.920. The van der Waals surface area contributed by atoms with Crippen LogP contribution >= 0.6 is 0 Å². The fourth-order valence-electron chi connectivity index (χ4n) is 1.10. The van der Waals surface area contributed by atoms with Crippen LogP contribution in [0.5, 0.6) is 0 Å². The number of hydrogen-bond acceptors (Lipinski definition) is 1. The highest BCUT2D eigenvalue weighted by Gasteiger charge is 2.16. The molecule has 1 heteroatoms. The molecule has 0 unspecified atom stereocenters.